The third kappa shape index (κ3) is 6.71. The molecule has 0 radical (unpaired) electrons. The second-order valence-corrected chi connectivity index (χ2v) is 13.4. The van der Waals surface area contributed by atoms with Crippen molar-refractivity contribution in [3.8, 4) is 11.1 Å². The van der Waals surface area contributed by atoms with E-state index in [1.54, 1.807) is 19.9 Å². The molecule has 1 aliphatic heterocycles. The van der Waals surface area contributed by atoms with Gasteiger partial charge in [-0.15, -0.1) is 0 Å². The van der Waals surface area contributed by atoms with Crippen molar-refractivity contribution >= 4 is 27.6 Å². The van der Waals surface area contributed by atoms with Gasteiger partial charge in [-0.2, -0.15) is 0 Å². The highest BCUT2D eigenvalue weighted by atomic mass is 32.2. The maximum absolute atomic E-state index is 14.9. The van der Waals surface area contributed by atoms with Crippen LogP contribution >= 0.6 is 0 Å². The number of ether oxygens (including phenoxy) is 3. The molecule has 1 spiro atoms. The standard InChI is InChI=1S/C34H44N4O6S/c1-6-8-18-30-35-33(34(36-30)19-11-12-20-34)43-22-27-15-13-17-29(28-16-10-9-14-26(28)21-42-7-2)31(27)45(39,40)38(23-41-5)32-24(3)25(4)44-37-32/h9-10,13-17H,6-8,11-12,18-23H2,1-5H3. The van der Waals surface area contributed by atoms with E-state index in [0.29, 0.717) is 41.6 Å². The van der Waals surface area contributed by atoms with Crippen LogP contribution in [0.1, 0.15) is 81.2 Å². The van der Waals surface area contributed by atoms with E-state index in [2.05, 4.69) is 12.1 Å². The van der Waals surface area contributed by atoms with Gasteiger partial charge >= 0.3 is 0 Å². The Bertz CT molecular complexity index is 1660. The molecule has 0 N–H and O–H groups in total. The first kappa shape index (κ1) is 32.8. The van der Waals surface area contributed by atoms with Gasteiger partial charge in [-0.3, -0.25) is 4.99 Å². The van der Waals surface area contributed by atoms with Crippen molar-refractivity contribution in [3.63, 3.8) is 0 Å². The van der Waals surface area contributed by atoms with Gasteiger partial charge in [-0.25, -0.2) is 17.7 Å². The molecule has 0 unspecified atom stereocenters. The molecule has 1 saturated carbocycles. The van der Waals surface area contributed by atoms with Crippen LogP contribution in [0.3, 0.4) is 0 Å². The maximum atomic E-state index is 14.9. The van der Waals surface area contributed by atoms with Gasteiger partial charge < -0.3 is 18.7 Å². The molecule has 2 heterocycles. The van der Waals surface area contributed by atoms with Gasteiger partial charge in [0.15, 0.2) is 5.82 Å². The van der Waals surface area contributed by atoms with Crippen molar-refractivity contribution in [1.82, 2.24) is 5.16 Å². The van der Waals surface area contributed by atoms with Gasteiger partial charge in [0.05, 0.1) is 6.61 Å². The molecule has 10 nitrogen and oxygen atoms in total. The zero-order valence-corrected chi connectivity index (χ0v) is 27.8. The lowest BCUT2D eigenvalue weighted by Gasteiger charge is -2.26. The van der Waals surface area contributed by atoms with Crippen LogP contribution in [-0.2, 0) is 37.4 Å². The minimum atomic E-state index is -4.27. The minimum absolute atomic E-state index is 0.00480. The van der Waals surface area contributed by atoms with Crippen molar-refractivity contribution in [3.05, 3.63) is 64.9 Å². The summed E-state index contributed by atoms with van der Waals surface area (Å²) >= 11 is 0. The Labute approximate surface area is 266 Å². The van der Waals surface area contributed by atoms with E-state index in [0.717, 1.165) is 66.2 Å². The average Bonchev–Trinajstić information content (AvgIpc) is 3.75. The molecule has 0 atom stereocenters. The molecule has 0 amide bonds. The molecule has 11 heteroatoms. The van der Waals surface area contributed by atoms with Crippen LogP contribution in [0.5, 0.6) is 0 Å². The Morgan fingerprint density at radius 2 is 1.71 bits per heavy atom. The first-order valence-corrected chi connectivity index (χ1v) is 17.2. The van der Waals surface area contributed by atoms with Gasteiger partial charge in [0, 0.05) is 36.8 Å². The molecule has 5 rings (SSSR count). The number of nitrogens with zero attached hydrogens (tertiary/aromatic N) is 4. The summed E-state index contributed by atoms with van der Waals surface area (Å²) in [4.78, 5) is 10.0. The van der Waals surface area contributed by atoms with Crippen molar-refractivity contribution in [1.29, 1.82) is 0 Å². The topological polar surface area (TPSA) is 116 Å². The first-order valence-electron chi connectivity index (χ1n) is 15.8. The zero-order chi connectivity index (χ0) is 32.0. The van der Waals surface area contributed by atoms with Gasteiger partial charge in [0.1, 0.15) is 35.4 Å². The normalized spacial score (nSPS) is 15.8. The molecule has 0 bridgehead atoms. The number of hydrogen-bond acceptors (Lipinski definition) is 9. The first-order chi connectivity index (χ1) is 21.8. The lowest BCUT2D eigenvalue weighted by molar-refractivity contribution is 0.134. The van der Waals surface area contributed by atoms with Crippen LogP contribution in [0.25, 0.3) is 11.1 Å². The van der Waals surface area contributed by atoms with E-state index in [4.69, 9.17) is 28.7 Å². The molecule has 1 aromatic heterocycles. The van der Waals surface area contributed by atoms with Crippen molar-refractivity contribution in [2.75, 3.05) is 24.8 Å². The van der Waals surface area contributed by atoms with Gasteiger partial charge in [-0.1, -0.05) is 73.8 Å². The van der Waals surface area contributed by atoms with Gasteiger partial charge in [0.2, 0.25) is 5.90 Å². The van der Waals surface area contributed by atoms with Gasteiger partial charge in [-0.05, 0) is 51.2 Å². The van der Waals surface area contributed by atoms with E-state index >= 15 is 0 Å². The number of hydrogen-bond donors (Lipinski definition) is 0. The quantitative estimate of drug-likeness (QED) is 0.173. The van der Waals surface area contributed by atoms with Crippen molar-refractivity contribution in [2.24, 2.45) is 9.98 Å². The van der Waals surface area contributed by atoms with E-state index in [1.165, 1.54) is 7.11 Å². The number of amidine groups is 1. The van der Waals surface area contributed by atoms with Crippen LogP contribution in [0.2, 0.25) is 0 Å². The largest absolute Gasteiger partial charge is 0.474 e. The Balaban J connectivity index is 1.62. The van der Waals surface area contributed by atoms with Gasteiger partial charge in [0.25, 0.3) is 10.0 Å². The molecule has 242 valence electrons. The maximum Gasteiger partial charge on any atom is 0.268 e. The summed E-state index contributed by atoms with van der Waals surface area (Å²) in [6.45, 7) is 8.24. The number of aromatic nitrogens is 1. The number of rotatable bonds is 14. The third-order valence-electron chi connectivity index (χ3n) is 8.55. The predicted octanol–water partition coefficient (Wildman–Crippen LogP) is 7.12. The zero-order valence-electron chi connectivity index (χ0n) is 27.0. The highest BCUT2D eigenvalue weighted by molar-refractivity contribution is 7.93. The summed E-state index contributed by atoms with van der Waals surface area (Å²) in [6, 6.07) is 13.2. The number of methoxy groups -OCH3 is 1. The number of aryl methyl sites for hydroxylation is 1. The fourth-order valence-electron chi connectivity index (χ4n) is 6.03. The second kappa shape index (κ2) is 14.3. The fourth-order valence-corrected chi connectivity index (χ4v) is 7.81. The van der Waals surface area contributed by atoms with Crippen LogP contribution in [0.4, 0.5) is 5.82 Å². The number of unbranched alkanes of at least 4 members (excludes halogenated alkanes) is 1. The average molecular weight is 637 g/mol. The highest BCUT2D eigenvalue weighted by Gasteiger charge is 2.44. The van der Waals surface area contributed by atoms with Crippen LogP contribution in [-0.4, -0.2) is 51.3 Å². The monoisotopic (exact) mass is 636 g/mol. The molecule has 3 aromatic rings. The third-order valence-corrected chi connectivity index (χ3v) is 10.4. The Morgan fingerprint density at radius 1 is 0.978 bits per heavy atom. The van der Waals surface area contributed by atoms with Crippen molar-refractivity contribution < 1.29 is 27.2 Å². The van der Waals surface area contributed by atoms with Crippen LogP contribution in [0, 0.1) is 13.8 Å². The van der Waals surface area contributed by atoms with E-state index < -0.39 is 15.6 Å². The molecule has 1 aliphatic carbocycles. The predicted molar refractivity (Wildman–Crippen MR) is 175 cm³/mol. The van der Waals surface area contributed by atoms with E-state index in [1.807, 2.05) is 43.3 Å². The summed E-state index contributed by atoms with van der Waals surface area (Å²) in [5, 5.41) is 4.11. The molecule has 2 aromatic carbocycles. The molecule has 0 saturated heterocycles. The van der Waals surface area contributed by atoms with E-state index in [-0.39, 0.29) is 24.1 Å². The summed E-state index contributed by atoms with van der Waals surface area (Å²) in [5.74, 6) is 2.12. The van der Waals surface area contributed by atoms with Crippen LogP contribution < -0.4 is 4.31 Å². The van der Waals surface area contributed by atoms with Crippen LogP contribution in [0.15, 0.2) is 61.9 Å². The SMILES string of the molecule is CCCCC1=NC2(CCCC2)C(OCc2cccc(-c3ccccc3COCC)c2S(=O)(=O)N(COC)c2noc(C)c2C)=N1. The fraction of sp³-hybridized carbons (Fsp3) is 0.500. The molecule has 1 fully saturated rings. The second-order valence-electron chi connectivity index (χ2n) is 11.6. The molecular formula is C34H44N4O6S. The van der Waals surface area contributed by atoms with Crippen molar-refractivity contribution in [2.45, 2.75) is 96.3 Å². The number of sulfonamides is 1. The summed E-state index contributed by atoms with van der Waals surface area (Å²) in [7, 11) is -2.82. The smallest absolute Gasteiger partial charge is 0.268 e. The molecule has 2 aliphatic rings. The number of benzene rings is 2. The minimum Gasteiger partial charge on any atom is -0.474 e. The summed E-state index contributed by atoms with van der Waals surface area (Å²) in [5.41, 5.74) is 2.82. The number of aliphatic imine (C=N–C) groups is 2. The molecule has 45 heavy (non-hydrogen) atoms. The Hall–Kier alpha value is -3.54. The highest BCUT2D eigenvalue weighted by Crippen LogP contribution is 2.41. The van der Waals surface area contributed by atoms with E-state index in [9.17, 15) is 8.42 Å². The lowest BCUT2D eigenvalue weighted by Crippen LogP contribution is -2.35. The molecular weight excluding hydrogens is 592 g/mol. The Morgan fingerprint density at radius 3 is 2.40 bits per heavy atom. The summed E-state index contributed by atoms with van der Waals surface area (Å²) in [6.07, 6.45) is 6.74. The number of anilines is 1. The lowest BCUT2D eigenvalue weighted by atomic mass is 9.98. The summed E-state index contributed by atoms with van der Waals surface area (Å²) < 4.78 is 54.0. The Kier molecular flexibility index (Phi) is 10.4.